The van der Waals surface area contributed by atoms with Crippen molar-refractivity contribution in [3.8, 4) is 0 Å². The van der Waals surface area contributed by atoms with Crippen LogP contribution in [-0.2, 0) is 9.53 Å². The van der Waals surface area contributed by atoms with Crippen LogP contribution in [0.4, 0.5) is 0 Å². The largest absolute Gasteiger partial charge is 0.481 e. The quantitative estimate of drug-likeness (QED) is 0.811. The number of carbonyl (C=O) groups is 2. The third-order valence-corrected chi connectivity index (χ3v) is 3.33. The number of carboxylic acids is 1. The number of hydrogen-bond acceptors (Lipinski definition) is 4. The third-order valence-electron chi connectivity index (χ3n) is 2.46. The smallest absolute Gasteiger partial charge is 0.311 e. The summed E-state index contributed by atoms with van der Waals surface area (Å²) in [5, 5.41) is 13.4. The van der Waals surface area contributed by atoms with Gasteiger partial charge in [0.25, 0.3) is 5.91 Å². The Kier molecular flexibility index (Phi) is 3.21. The van der Waals surface area contributed by atoms with Gasteiger partial charge in [0.2, 0.25) is 0 Å². The van der Waals surface area contributed by atoms with Crippen LogP contribution in [0.2, 0.25) is 0 Å². The molecule has 1 aliphatic heterocycles. The average Bonchev–Trinajstić information content (AvgIpc) is 2.86. The van der Waals surface area contributed by atoms with Crippen molar-refractivity contribution in [2.75, 3.05) is 13.2 Å². The van der Waals surface area contributed by atoms with E-state index >= 15 is 0 Å². The van der Waals surface area contributed by atoms with Crippen LogP contribution in [0.3, 0.4) is 0 Å². The van der Waals surface area contributed by atoms with Gasteiger partial charge in [-0.05, 0) is 11.4 Å². The number of aliphatic carboxylic acids is 1. The third kappa shape index (κ3) is 2.23. The normalized spacial score (nSPS) is 24.2. The minimum Gasteiger partial charge on any atom is -0.481 e. The molecule has 2 N–H and O–H groups in total. The van der Waals surface area contributed by atoms with Gasteiger partial charge in [0.1, 0.15) is 5.92 Å². The van der Waals surface area contributed by atoms with E-state index in [4.69, 9.17) is 9.84 Å². The summed E-state index contributed by atoms with van der Waals surface area (Å²) in [6.07, 6.45) is 0. The second-order valence-electron chi connectivity index (χ2n) is 3.54. The lowest BCUT2D eigenvalue weighted by Crippen LogP contribution is -2.42. The van der Waals surface area contributed by atoms with Crippen LogP contribution in [-0.4, -0.2) is 36.2 Å². The van der Waals surface area contributed by atoms with E-state index in [2.05, 4.69) is 5.32 Å². The Morgan fingerprint density at radius 1 is 1.50 bits per heavy atom. The fourth-order valence-electron chi connectivity index (χ4n) is 1.59. The Bertz CT molecular complexity index is 390. The molecule has 5 nitrogen and oxygen atoms in total. The minimum atomic E-state index is -0.936. The van der Waals surface area contributed by atoms with Crippen molar-refractivity contribution in [1.29, 1.82) is 0 Å². The van der Waals surface area contributed by atoms with Gasteiger partial charge in [0.15, 0.2) is 0 Å². The highest BCUT2D eigenvalue weighted by Crippen LogP contribution is 2.15. The van der Waals surface area contributed by atoms with Gasteiger partial charge in [-0.3, -0.25) is 9.59 Å². The fraction of sp³-hybridized carbons (Fsp3) is 0.400. The minimum absolute atomic E-state index is 0.157. The Morgan fingerprint density at radius 3 is 2.94 bits per heavy atom. The lowest BCUT2D eigenvalue weighted by molar-refractivity contribution is -0.142. The Morgan fingerprint density at radius 2 is 2.31 bits per heavy atom. The molecule has 6 heteroatoms. The van der Waals surface area contributed by atoms with Crippen LogP contribution in [0.25, 0.3) is 0 Å². The van der Waals surface area contributed by atoms with E-state index in [0.29, 0.717) is 4.88 Å². The van der Waals surface area contributed by atoms with Crippen molar-refractivity contribution in [2.45, 2.75) is 6.04 Å². The van der Waals surface area contributed by atoms with Crippen LogP contribution in [0, 0.1) is 5.92 Å². The molecule has 2 unspecified atom stereocenters. The SMILES string of the molecule is O=C(NC1COCC1C(=O)O)c1cccs1. The van der Waals surface area contributed by atoms with Gasteiger partial charge in [-0.25, -0.2) is 0 Å². The molecular weight excluding hydrogens is 230 g/mol. The summed E-state index contributed by atoms with van der Waals surface area (Å²) >= 11 is 1.32. The molecule has 0 aliphatic carbocycles. The van der Waals surface area contributed by atoms with E-state index in [9.17, 15) is 9.59 Å². The van der Waals surface area contributed by atoms with E-state index in [1.807, 2.05) is 0 Å². The number of hydrogen-bond donors (Lipinski definition) is 2. The number of ether oxygens (including phenoxy) is 1. The number of thiophene rings is 1. The van der Waals surface area contributed by atoms with Crippen LogP contribution in [0.5, 0.6) is 0 Å². The molecule has 1 fully saturated rings. The Labute approximate surface area is 96.0 Å². The molecule has 2 heterocycles. The van der Waals surface area contributed by atoms with Crippen molar-refractivity contribution < 1.29 is 19.4 Å². The summed E-state index contributed by atoms with van der Waals surface area (Å²) in [6.45, 7) is 0.415. The molecule has 1 aliphatic rings. The zero-order valence-electron chi connectivity index (χ0n) is 8.38. The van der Waals surface area contributed by atoms with Gasteiger partial charge in [-0.15, -0.1) is 11.3 Å². The summed E-state index contributed by atoms with van der Waals surface area (Å²) in [7, 11) is 0. The van der Waals surface area contributed by atoms with E-state index < -0.39 is 17.9 Å². The van der Waals surface area contributed by atoms with Crippen LogP contribution in [0.1, 0.15) is 9.67 Å². The molecule has 0 bridgehead atoms. The zero-order valence-corrected chi connectivity index (χ0v) is 9.20. The van der Waals surface area contributed by atoms with Crippen molar-refractivity contribution >= 4 is 23.2 Å². The predicted octanol–water partition coefficient (Wildman–Crippen LogP) is 0.577. The number of carbonyl (C=O) groups excluding carboxylic acids is 1. The highest BCUT2D eigenvalue weighted by atomic mass is 32.1. The molecule has 2 atom stereocenters. The molecule has 1 amide bonds. The first-order valence-corrected chi connectivity index (χ1v) is 5.71. The van der Waals surface area contributed by atoms with Crippen molar-refractivity contribution in [3.63, 3.8) is 0 Å². The average molecular weight is 241 g/mol. The van der Waals surface area contributed by atoms with Crippen molar-refractivity contribution in [3.05, 3.63) is 22.4 Å². The molecule has 16 heavy (non-hydrogen) atoms. The van der Waals surface area contributed by atoms with Crippen LogP contribution < -0.4 is 5.32 Å². The first kappa shape index (κ1) is 11.1. The fourth-order valence-corrected chi connectivity index (χ4v) is 2.21. The highest BCUT2D eigenvalue weighted by molar-refractivity contribution is 7.12. The van der Waals surface area contributed by atoms with Gasteiger partial charge in [-0.2, -0.15) is 0 Å². The second kappa shape index (κ2) is 4.63. The topological polar surface area (TPSA) is 75.6 Å². The van der Waals surface area contributed by atoms with Gasteiger partial charge >= 0.3 is 5.97 Å². The maximum absolute atomic E-state index is 11.7. The highest BCUT2D eigenvalue weighted by Gasteiger charge is 2.35. The second-order valence-corrected chi connectivity index (χ2v) is 4.49. The summed E-state index contributed by atoms with van der Waals surface area (Å²) in [6, 6.07) is 3.04. The first-order chi connectivity index (χ1) is 7.68. The number of nitrogens with one attached hydrogen (secondary N) is 1. The maximum atomic E-state index is 11.7. The molecule has 0 saturated carbocycles. The first-order valence-electron chi connectivity index (χ1n) is 4.83. The molecule has 1 aromatic rings. The van der Waals surface area contributed by atoms with Crippen molar-refractivity contribution in [1.82, 2.24) is 5.32 Å². The van der Waals surface area contributed by atoms with Crippen LogP contribution in [0.15, 0.2) is 17.5 Å². The van der Waals surface area contributed by atoms with Gasteiger partial charge in [0.05, 0.1) is 24.1 Å². The molecule has 0 radical (unpaired) electrons. The van der Waals surface area contributed by atoms with E-state index in [0.717, 1.165) is 0 Å². The zero-order chi connectivity index (χ0) is 11.5. The van der Waals surface area contributed by atoms with E-state index in [1.165, 1.54) is 11.3 Å². The van der Waals surface area contributed by atoms with Crippen LogP contribution >= 0.6 is 11.3 Å². The van der Waals surface area contributed by atoms with Gasteiger partial charge in [-0.1, -0.05) is 6.07 Å². The summed E-state index contributed by atoms with van der Waals surface area (Å²) in [5.41, 5.74) is 0. The monoisotopic (exact) mass is 241 g/mol. The Hall–Kier alpha value is -1.40. The van der Waals surface area contributed by atoms with E-state index in [-0.39, 0.29) is 19.1 Å². The van der Waals surface area contributed by atoms with Gasteiger partial charge in [0, 0.05) is 0 Å². The number of amides is 1. The molecule has 2 rings (SSSR count). The lowest BCUT2D eigenvalue weighted by Gasteiger charge is -2.14. The number of carboxylic acid groups (broad SMARTS) is 1. The maximum Gasteiger partial charge on any atom is 0.311 e. The Balaban J connectivity index is 1.99. The standard InChI is InChI=1S/C10H11NO4S/c12-9(8-2-1-3-16-8)11-7-5-15-4-6(7)10(13)14/h1-3,6-7H,4-5H2,(H,11,12)(H,13,14). The predicted molar refractivity (Wildman–Crippen MR) is 57.5 cm³/mol. The molecule has 0 spiro atoms. The van der Waals surface area contributed by atoms with Gasteiger partial charge < -0.3 is 15.2 Å². The molecular formula is C10H11NO4S. The summed E-state index contributed by atoms with van der Waals surface area (Å²) in [5.74, 6) is -1.82. The lowest BCUT2D eigenvalue weighted by atomic mass is 10.0. The summed E-state index contributed by atoms with van der Waals surface area (Å²) < 4.78 is 5.06. The van der Waals surface area contributed by atoms with E-state index in [1.54, 1.807) is 17.5 Å². The molecule has 86 valence electrons. The summed E-state index contributed by atoms with van der Waals surface area (Å²) in [4.78, 5) is 23.1. The molecule has 0 aromatic carbocycles. The molecule has 1 aromatic heterocycles. The molecule has 1 saturated heterocycles. The van der Waals surface area contributed by atoms with Crippen molar-refractivity contribution in [2.24, 2.45) is 5.92 Å². The number of rotatable bonds is 3.